The first-order chi connectivity index (χ1) is 21.4. The first-order valence-corrected chi connectivity index (χ1v) is 16.8. The quantitative estimate of drug-likeness (QED) is 0.176. The molecule has 0 aliphatic carbocycles. The van der Waals surface area contributed by atoms with E-state index in [1.54, 1.807) is 25.6 Å². The number of benzene rings is 1. The van der Waals surface area contributed by atoms with Crippen molar-refractivity contribution in [1.82, 2.24) is 25.8 Å². The summed E-state index contributed by atoms with van der Waals surface area (Å²) in [5.41, 5.74) is 6.89. The number of likely N-dealkylation sites (tertiary alicyclic amines) is 2. The van der Waals surface area contributed by atoms with E-state index in [2.05, 4.69) is 16.0 Å². The molecule has 2 aliphatic heterocycles. The number of nitrogens with zero attached hydrogens (tertiary/aromatic N) is 2. The summed E-state index contributed by atoms with van der Waals surface area (Å²) in [5.74, 6) is -3.13. The van der Waals surface area contributed by atoms with Crippen LogP contribution in [0.15, 0.2) is 30.3 Å². The van der Waals surface area contributed by atoms with Crippen LogP contribution in [-0.4, -0.2) is 112 Å². The van der Waals surface area contributed by atoms with Crippen molar-refractivity contribution in [2.45, 2.75) is 82.6 Å². The van der Waals surface area contributed by atoms with E-state index in [1.165, 1.54) is 9.80 Å². The Labute approximate surface area is 268 Å². The molecule has 5 atom stereocenters. The number of hydrogen-bond acceptors (Lipinski definition) is 8. The summed E-state index contributed by atoms with van der Waals surface area (Å²) in [7, 11) is 0. The average Bonchev–Trinajstić information content (AvgIpc) is 3.71. The van der Waals surface area contributed by atoms with E-state index in [1.807, 2.05) is 36.6 Å². The molecular formula is C31H46N6O7S. The molecule has 13 nitrogen and oxygen atoms in total. The molecule has 2 saturated heterocycles. The van der Waals surface area contributed by atoms with E-state index >= 15 is 0 Å². The average molecular weight is 647 g/mol. The van der Waals surface area contributed by atoms with Gasteiger partial charge in [0.2, 0.25) is 29.5 Å². The summed E-state index contributed by atoms with van der Waals surface area (Å²) in [4.78, 5) is 80.7. The highest BCUT2D eigenvalue weighted by Crippen LogP contribution is 2.26. The van der Waals surface area contributed by atoms with Gasteiger partial charge in [0.15, 0.2) is 0 Å². The van der Waals surface area contributed by atoms with Crippen LogP contribution in [-0.2, 0) is 35.2 Å². The lowest BCUT2D eigenvalue weighted by atomic mass is 9.99. The zero-order chi connectivity index (χ0) is 33.1. The number of rotatable bonds is 15. The summed E-state index contributed by atoms with van der Waals surface area (Å²) in [6.07, 6.45) is 4.52. The molecule has 2 aliphatic rings. The molecular weight excluding hydrogens is 600 g/mol. The Morgan fingerprint density at radius 2 is 1.60 bits per heavy atom. The van der Waals surface area contributed by atoms with E-state index in [-0.39, 0.29) is 18.2 Å². The lowest BCUT2D eigenvalue weighted by Crippen LogP contribution is -2.60. The van der Waals surface area contributed by atoms with Gasteiger partial charge >= 0.3 is 5.97 Å². The minimum atomic E-state index is -1.18. The molecule has 1 aromatic carbocycles. The first-order valence-electron chi connectivity index (χ1n) is 15.4. The molecule has 14 heteroatoms. The number of nitrogens with one attached hydrogen (secondary N) is 3. The van der Waals surface area contributed by atoms with Gasteiger partial charge in [-0.3, -0.25) is 28.8 Å². The lowest BCUT2D eigenvalue weighted by molar-refractivity contribution is -0.148. The normalized spacial score (nSPS) is 19.9. The van der Waals surface area contributed by atoms with Gasteiger partial charge in [0.05, 0.1) is 6.04 Å². The zero-order valence-electron chi connectivity index (χ0n) is 26.2. The van der Waals surface area contributed by atoms with Crippen molar-refractivity contribution in [2.24, 2.45) is 11.7 Å². The molecule has 0 radical (unpaired) electrons. The van der Waals surface area contributed by atoms with Gasteiger partial charge in [-0.05, 0) is 55.6 Å². The third kappa shape index (κ3) is 9.92. The Bertz CT molecular complexity index is 1220. The van der Waals surface area contributed by atoms with Gasteiger partial charge in [-0.2, -0.15) is 11.8 Å². The van der Waals surface area contributed by atoms with Crippen molar-refractivity contribution >= 4 is 47.3 Å². The molecule has 0 aromatic heterocycles. The van der Waals surface area contributed by atoms with Crippen molar-refractivity contribution in [1.29, 1.82) is 0 Å². The topological polar surface area (TPSA) is 191 Å². The number of nitrogens with two attached hydrogens (primary N) is 1. The fourth-order valence-electron chi connectivity index (χ4n) is 5.72. The van der Waals surface area contributed by atoms with E-state index < -0.39 is 66.4 Å². The highest BCUT2D eigenvalue weighted by atomic mass is 32.2. The van der Waals surface area contributed by atoms with Gasteiger partial charge in [-0.1, -0.05) is 44.2 Å². The molecule has 2 fully saturated rings. The summed E-state index contributed by atoms with van der Waals surface area (Å²) >= 11 is 1.57. The minimum absolute atomic E-state index is 0.192. The second-order valence-corrected chi connectivity index (χ2v) is 12.8. The second kappa shape index (κ2) is 17.2. The molecule has 6 N–H and O–H groups in total. The zero-order valence-corrected chi connectivity index (χ0v) is 27.0. The number of carbonyl (C=O) groups is 6. The van der Waals surface area contributed by atoms with Gasteiger partial charge in [-0.15, -0.1) is 0 Å². The van der Waals surface area contributed by atoms with Crippen LogP contribution < -0.4 is 21.7 Å². The van der Waals surface area contributed by atoms with Gasteiger partial charge < -0.3 is 36.6 Å². The Morgan fingerprint density at radius 1 is 0.956 bits per heavy atom. The number of carboxylic acids is 1. The van der Waals surface area contributed by atoms with Gasteiger partial charge in [-0.25, -0.2) is 0 Å². The van der Waals surface area contributed by atoms with Crippen LogP contribution in [0.2, 0.25) is 0 Å². The van der Waals surface area contributed by atoms with E-state index in [0.717, 1.165) is 5.56 Å². The largest absolute Gasteiger partial charge is 0.480 e. The van der Waals surface area contributed by atoms with Crippen LogP contribution in [0.5, 0.6) is 0 Å². The molecule has 5 unspecified atom stereocenters. The van der Waals surface area contributed by atoms with Crippen molar-refractivity contribution in [2.75, 3.05) is 31.6 Å². The van der Waals surface area contributed by atoms with Crippen molar-refractivity contribution in [3.05, 3.63) is 35.9 Å². The van der Waals surface area contributed by atoms with Gasteiger partial charge in [0, 0.05) is 19.5 Å². The highest BCUT2D eigenvalue weighted by molar-refractivity contribution is 7.98. The van der Waals surface area contributed by atoms with E-state index in [0.29, 0.717) is 50.9 Å². The highest BCUT2D eigenvalue weighted by Gasteiger charge is 2.44. The number of carboxylic acid groups (broad SMARTS) is 1. The predicted molar refractivity (Wildman–Crippen MR) is 170 cm³/mol. The molecule has 0 bridgehead atoms. The van der Waals surface area contributed by atoms with Crippen LogP contribution in [0.1, 0.15) is 51.5 Å². The smallest absolute Gasteiger partial charge is 0.322 e. The molecule has 45 heavy (non-hydrogen) atoms. The Hall–Kier alpha value is -3.65. The van der Waals surface area contributed by atoms with E-state index in [9.17, 15) is 28.8 Å². The third-order valence-electron chi connectivity index (χ3n) is 8.19. The van der Waals surface area contributed by atoms with Crippen LogP contribution >= 0.6 is 11.8 Å². The second-order valence-electron chi connectivity index (χ2n) is 11.9. The summed E-state index contributed by atoms with van der Waals surface area (Å²) in [5, 5.41) is 16.9. The lowest BCUT2D eigenvalue weighted by Gasteiger charge is -2.34. The van der Waals surface area contributed by atoms with E-state index in [4.69, 9.17) is 10.8 Å². The molecule has 5 amide bonds. The molecule has 0 spiro atoms. The SMILES string of the molecule is CSCCC(N)C(=O)NC(Cc1ccccc1)C(=O)NC(C(=O)N1CCCC1C(=O)N1CCCC1C(=O)NCC(=O)O)C(C)C. The number of hydrogen-bond donors (Lipinski definition) is 5. The van der Waals surface area contributed by atoms with Crippen LogP contribution in [0.4, 0.5) is 0 Å². The van der Waals surface area contributed by atoms with Crippen LogP contribution in [0.25, 0.3) is 0 Å². The van der Waals surface area contributed by atoms with Gasteiger partial charge in [0.1, 0.15) is 30.7 Å². The monoisotopic (exact) mass is 646 g/mol. The molecule has 2 heterocycles. The summed E-state index contributed by atoms with van der Waals surface area (Å²) < 4.78 is 0. The molecule has 0 saturated carbocycles. The summed E-state index contributed by atoms with van der Waals surface area (Å²) in [6.45, 7) is 3.68. The maximum atomic E-state index is 14.0. The molecule has 3 rings (SSSR count). The maximum Gasteiger partial charge on any atom is 0.322 e. The standard InChI is InChI=1S/C31H46N6O7S/c1-19(2)26(35-28(41)22(17-20-9-5-4-6-10-20)34-27(40)21(32)13-16-45-3)31(44)37-15-8-12-24(37)30(43)36-14-7-11-23(36)29(42)33-18-25(38)39/h4-6,9-10,19,21-24,26H,7-8,11-18,32H2,1-3H3,(H,33,42)(H,34,40)(H,35,41)(H,38,39). The fourth-order valence-corrected chi connectivity index (χ4v) is 6.21. The fraction of sp³-hybridized carbons (Fsp3) is 0.613. The van der Waals surface area contributed by atoms with Crippen molar-refractivity contribution in [3.8, 4) is 0 Å². The molecule has 1 aromatic rings. The Morgan fingerprint density at radius 3 is 2.22 bits per heavy atom. The Kier molecular flexibility index (Phi) is 13.7. The third-order valence-corrected chi connectivity index (χ3v) is 8.83. The number of thioether (sulfide) groups is 1. The minimum Gasteiger partial charge on any atom is -0.480 e. The molecule has 248 valence electrons. The summed E-state index contributed by atoms with van der Waals surface area (Å²) in [6, 6.07) is 4.85. The number of aliphatic carboxylic acids is 1. The predicted octanol–water partition coefficient (Wildman–Crippen LogP) is 0.118. The van der Waals surface area contributed by atoms with Gasteiger partial charge in [0.25, 0.3) is 0 Å². The first kappa shape index (κ1) is 35.8. The van der Waals surface area contributed by atoms with Crippen molar-refractivity contribution in [3.63, 3.8) is 0 Å². The van der Waals surface area contributed by atoms with Crippen molar-refractivity contribution < 1.29 is 33.9 Å². The number of amides is 5. The number of carbonyl (C=O) groups excluding carboxylic acids is 5. The van der Waals surface area contributed by atoms with Crippen LogP contribution in [0, 0.1) is 5.92 Å². The van der Waals surface area contributed by atoms with Crippen LogP contribution in [0.3, 0.4) is 0 Å². The Balaban J connectivity index is 1.75. The maximum absolute atomic E-state index is 14.0.